The van der Waals surface area contributed by atoms with Crippen molar-refractivity contribution in [2.24, 2.45) is 0 Å². The van der Waals surface area contributed by atoms with E-state index in [2.05, 4.69) is 0 Å². The van der Waals surface area contributed by atoms with Crippen LogP contribution in [0.2, 0.25) is 0 Å². The van der Waals surface area contributed by atoms with Crippen LogP contribution < -0.4 is 9.47 Å². The Morgan fingerprint density at radius 3 is 1.43 bits per heavy atom. The molecule has 1 rings (SSSR count). The van der Waals surface area contributed by atoms with Gasteiger partial charge in [-0.2, -0.15) is 16.8 Å². The maximum atomic E-state index is 10.6. The van der Waals surface area contributed by atoms with Gasteiger partial charge in [0, 0.05) is 13.2 Å². The molecular formula is C23H40O12S2. The average molecular weight is 573 g/mol. The normalized spacial score (nSPS) is 12.1. The minimum Gasteiger partial charge on any atom is -0.487 e. The highest BCUT2D eigenvalue weighted by Crippen LogP contribution is 2.28. The number of rotatable bonds is 24. The third kappa shape index (κ3) is 21.1. The molecule has 0 fully saturated rings. The van der Waals surface area contributed by atoms with Gasteiger partial charge in [0.05, 0.1) is 51.1 Å². The number of hydrogen-bond donors (Lipinski definition) is 2. The fraction of sp³-hybridized carbons (Fsp3) is 0.739. The first-order chi connectivity index (χ1) is 17.6. The van der Waals surface area contributed by atoms with Crippen LogP contribution in [0.5, 0.6) is 11.5 Å². The molecule has 0 radical (unpaired) electrons. The van der Waals surface area contributed by atoms with Crippen LogP contribution in [0.25, 0.3) is 0 Å². The van der Waals surface area contributed by atoms with Crippen LogP contribution in [-0.2, 0) is 39.2 Å². The van der Waals surface area contributed by atoms with Crippen molar-refractivity contribution >= 4 is 20.2 Å². The lowest BCUT2D eigenvalue weighted by Gasteiger charge is -2.14. The van der Waals surface area contributed by atoms with E-state index in [0.717, 1.165) is 5.56 Å². The van der Waals surface area contributed by atoms with Crippen molar-refractivity contribution < 1.29 is 54.4 Å². The first kappa shape index (κ1) is 33.5. The van der Waals surface area contributed by atoms with Gasteiger partial charge in [-0.3, -0.25) is 9.11 Å². The minimum atomic E-state index is -3.91. The Balaban J connectivity index is 2.08. The smallest absolute Gasteiger partial charge is 0.264 e. The standard InChI is InChI=1S/C23H40O12S2/c1-21-6-7-22(34-16-14-32-12-10-30-8-2-4-18-36(24,25)26)23(20-21)35-17-15-33-13-11-31-9-3-5-19-37(27,28)29/h6-7,20H,2-5,8-19H2,1H3,(H,24,25,26)(H,27,28,29). The summed E-state index contributed by atoms with van der Waals surface area (Å²) in [6.45, 7) is 5.63. The van der Waals surface area contributed by atoms with Crippen molar-refractivity contribution in [1.29, 1.82) is 0 Å². The summed E-state index contributed by atoms with van der Waals surface area (Å²) in [5, 5.41) is 0. The quantitative estimate of drug-likeness (QED) is 0.137. The highest BCUT2D eigenvalue weighted by atomic mass is 32.2. The van der Waals surface area contributed by atoms with Crippen LogP contribution in [0, 0.1) is 6.92 Å². The molecule has 37 heavy (non-hydrogen) atoms. The Labute approximate surface area is 220 Å². The third-order valence-corrected chi connectivity index (χ3v) is 6.30. The van der Waals surface area contributed by atoms with Gasteiger partial charge in [-0.05, 0) is 50.3 Å². The zero-order valence-electron chi connectivity index (χ0n) is 21.3. The molecule has 0 aromatic heterocycles. The maximum absolute atomic E-state index is 10.6. The molecule has 1 aromatic carbocycles. The molecule has 0 bridgehead atoms. The molecule has 12 nitrogen and oxygen atoms in total. The Morgan fingerprint density at radius 2 is 0.973 bits per heavy atom. The van der Waals surface area contributed by atoms with Crippen LogP contribution in [0.15, 0.2) is 18.2 Å². The van der Waals surface area contributed by atoms with Gasteiger partial charge in [0.1, 0.15) is 13.2 Å². The highest BCUT2D eigenvalue weighted by molar-refractivity contribution is 7.86. The second kappa shape index (κ2) is 19.5. The largest absolute Gasteiger partial charge is 0.487 e. The number of aryl methyl sites for hydroxylation is 1. The Bertz CT molecular complexity index is 935. The van der Waals surface area contributed by atoms with Crippen LogP contribution in [0.1, 0.15) is 31.2 Å². The Hall–Kier alpha value is -1.52. The van der Waals surface area contributed by atoms with Gasteiger partial charge in [0.25, 0.3) is 20.2 Å². The number of unbranched alkanes of at least 4 members (excludes halogenated alkanes) is 2. The molecule has 0 amide bonds. The first-order valence-electron chi connectivity index (χ1n) is 12.1. The van der Waals surface area contributed by atoms with Crippen LogP contribution in [0.3, 0.4) is 0 Å². The monoisotopic (exact) mass is 572 g/mol. The van der Waals surface area contributed by atoms with E-state index < -0.39 is 20.2 Å². The van der Waals surface area contributed by atoms with Gasteiger partial charge in [-0.25, -0.2) is 0 Å². The van der Waals surface area contributed by atoms with Gasteiger partial charge in [-0.15, -0.1) is 0 Å². The molecule has 0 heterocycles. The van der Waals surface area contributed by atoms with E-state index in [1.54, 1.807) is 0 Å². The zero-order valence-corrected chi connectivity index (χ0v) is 23.0. The van der Waals surface area contributed by atoms with Gasteiger partial charge < -0.3 is 28.4 Å². The van der Waals surface area contributed by atoms with E-state index in [1.165, 1.54) is 0 Å². The number of ether oxygens (including phenoxy) is 6. The predicted octanol–water partition coefficient (Wildman–Crippen LogP) is 2.16. The lowest BCUT2D eigenvalue weighted by atomic mass is 10.2. The SMILES string of the molecule is Cc1ccc(OCCOCCOCCCCS(=O)(=O)O)c(OCCOCCOCCCCS(=O)(=O)O)c1. The van der Waals surface area contributed by atoms with E-state index in [-0.39, 0.29) is 11.5 Å². The molecule has 0 aliphatic rings. The molecular weight excluding hydrogens is 532 g/mol. The van der Waals surface area contributed by atoms with Crippen molar-refractivity contribution in [3.63, 3.8) is 0 Å². The van der Waals surface area contributed by atoms with Crippen molar-refractivity contribution in [1.82, 2.24) is 0 Å². The Kier molecular flexibility index (Phi) is 17.7. The number of benzene rings is 1. The average Bonchev–Trinajstić information content (AvgIpc) is 2.80. The Morgan fingerprint density at radius 1 is 0.568 bits per heavy atom. The van der Waals surface area contributed by atoms with Crippen LogP contribution in [-0.4, -0.2) is 104 Å². The zero-order chi connectivity index (χ0) is 27.4. The molecule has 1 aromatic rings. The summed E-state index contributed by atoms with van der Waals surface area (Å²) >= 11 is 0. The lowest BCUT2D eigenvalue weighted by molar-refractivity contribution is 0.0324. The third-order valence-electron chi connectivity index (χ3n) is 4.70. The summed E-state index contributed by atoms with van der Waals surface area (Å²) in [5.74, 6) is 0.676. The first-order valence-corrected chi connectivity index (χ1v) is 15.4. The molecule has 0 saturated carbocycles. The van der Waals surface area contributed by atoms with Gasteiger partial charge in [0.15, 0.2) is 11.5 Å². The molecule has 0 saturated heterocycles. The minimum absolute atomic E-state index is 0.261. The fourth-order valence-corrected chi connectivity index (χ4v) is 4.03. The van der Waals surface area contributed by atoms with E-state index in [1.807, 2.05) is 25.1 Å². The molecule has 0 atom stereocenters. The van der Waals surface area contributed by atoms with Crippen molar-refractivity contribution in [3.05, 3.63) is 23.8 Å². The maximum Gasteiger partial charge on any atom is 0.264 e. The van der Waals surface area contributed by atoms with Crippen molar-refractivity contribution in [2.75, 3.05) is 77.6 Å². The van der Waals surface area contributed by atoms with E-state index in [4.69, 9.17) is 37.5 Å². The second-order valence-electron chi connectivity index (χ2n) is 8.08. The summed E-state index contributed by atoms with van der Waals surface area (Å²) in [6.07, 6.45) is 1.78. The van der Waals surface area contributed by atoms with Crippen LogP contribution >= 0.6 is 0 Å². The summed E-state index contributed by atoms with van der Waals surface area (Å²) in [7, 11) is -7.82. The van der Waals surface area contributed by atoms with E-state index in [9.17, 15) is 16.8 Å². The molecule has 0 unspecified atom stereocenters. The van der Waals surface area contributed by atoms with E-state index in [0.29, 0.717) is 103 Å². The van der Waals surface area contributed by atoms with E-state index >= 15 is 0 Å². The number of hydrogen-bond acceptors (Lipinski definition) is 10. The summed E-state index contributed by atoms with van der Waals surface area (Å²) in [5.41, 5.74) is 1.02. The summed E-state index contributed by atoms with van der Waals surface area (Å²) < 4.78 is 92.9. The molecule has 14 heteroatoms. The van der Waals surface area contributed by atoms with Crippen LogP contribution in [0.4, 0.5) is 0 Å². The van der Waals surface area contributed by atoms with Crippen molar-refractivity contribution in [3.8, 4) is 11.5 Å². The summed E-state index contributed by atoms with van der Waals surface area (Å²) in [4.78, 5) is 0. The molecule has 0 spiro atoms. The van der Waals surface area contributed by atoms with Gasteiger partial charge in [0.2, 0.25) is 0 Å². The molecule has 2 N–H and O–H groups in total. The van der Waals surface area contributed by atoms with Crippen molar-refractivity contribution in [2.45, 2.75) is 32.6 Å². The highest BCUT2D eigenvalue weighted by Gasteiger charge is 2.07. The summed E-state index contributed by atoms with van der Waals surface area (Å²) in [6, 6.07) is 5.63. The topological polar surface area (TPSA) is 164 Å². The van der Waals surface area contributed by atoms with Gasteiger partial charge in [-0.1, -0.05) is 6.07 Å². The predicted molar refractivity (Wildman–Crippen MR) is 137 cm³/mol. The lowest BCUT2D eigenvalue weighted by Crippen LogP contribution is -2.13. The fourth-order valence-electron chi connectivity index (χ4n) is 2.89. The second-order valence-corrected chi connectivity index (χ2v) is 11.2. The molecule has 216 valence electrons. The van der Waals surface area contributed by atoms with Gasteiger partial charge >= 0.3 is 0 Å². The molecule has 0 aliphatic carbocycles. The molecule has 0 aliphatic heterocycles.